The number of hydrogen-bond acceptors (Lipinski definition) is 1. The van der Waals surface area contributed by atoms with Gasteiger partial charge < -0.3 is 4.74 Å². The van der Waals surface area contributed by atoms with Gasteiger partial charge >= 0.3 is 0 Å². The highest BCUT2D eigenvalue weighted by molar-refractivity contribution is 5.13. The average molecular weight is 178 g/mol. The second-order valence-corrected chi connectivity index (χ2v) is 4.54. The molecule has 0 unspecified atom stereocenters. The van der Waals surface area contributed by atoms with E-state index in [0.29, 0.717) is 0 Å². The molecule has 1 nitrogen and oxygen atoms in total. The molecule has 1 rings (SSSR count). The maximum absolute atomic E-state index is 5.58. The van der Waals surface area contributed by atoms with Gasteiger partial charge in [-0.25, -0.2) is 0 Å². The molecule has 1 heteroatoms. The molecule has 0 N–H and O–H groups in total. The highest BCUT2D eigenvalue weighted by Crippen LogP contribution is 2.14. The second kappa shape index (κ2) is 4.43. The Morgan fingerprint density at radius 2 is 1.69 bits per heavy atom. The van der Waals surface area contributed by atoms with Crippen LogP contribution in [0, 0.1) is 5.41 Å². The Balaban J connectivity index is 2.29. The van der Waals surface area contributed by atoms with Crippen molar-refractivity contribution < 1.29 is 4.74 Å². The molecule has 0 aliphatic carbocycles. The Bertz CT molecular complexity index is 233. The van der Waals surface area contributed by atoms with Crippen LogP contribution in [0.1, 0.15) is 26.3 Å². The predicted molar refractivity (Wildman–Crippen MR) is 55.6 cm³/mol. The van der Waals surface area contributed by atoms with E-state index < -0.39 is 0 Å². The summed E-state index contributed by atoms with van der Waals surface area (Å²) in [5.41, 5.74) is 1.50. The number of ether oxygens (including phenoxy) is 1. The van der Waals surface area contributed by atoms with Crippen molar-refractivity contribution in [2.75, 3.05) is 6.61 Å². The Morgan fingerprint density at radius 3 is 2.23 bits per heavy atom. The van der Waals surface area contributed by atoms with E-state index in [1.165, 1.54) is 5.56 Å². The minimum atomic E-state index is 0.259. The highest BCUT2D eigenvalue weighted by atomic mass is 16.5. The third-order valence-electron chi connectivity index (χ3n) is 1.65. The average Bonchev–Trinajstić information content (AvgIpc) is 2.04. The normalized spacial score (nSPS) is 11.6. The van der Waals surface area contributed by atoms with Crippen molar-refractivity contribution in [3.8, 4) is 0 Å². The maximum atomic E-state index is 5.58. The molecule has 0 aromatic heterocycles. The zero-order chi connectivity index (χ0) is 9.73. The minimum absolute atomic E-state index is 0.259. The van der Waals surface area contributed by atoms with Gasteiger partial charge in [-0.1, -0.05) is 51.1 Å². The van der Waals surface area contributed by atoms with E-state index in [0.717, 1.165) is 13.2 Å². The minimum Gasteiger partial charge on any atom is -0.376 e. The Kier molecular flexibility index (Phi) is 3.49. The van der Waals surface area contributed by atoms with Crippen LogP contribution in [-0.2, 0) is 11.3 Å². The number of hydrogen-bond donors (Lipinski definition) is 0. The predicted octanol–water partition coefficient (Wildman–Crippen LogP) is 3.25. The van der Waals surface area contributed by atoms with Crippen molar-refractivity contribution in [1.29, 1.82) is 0 Å². The van der Waals surface area contributed by atoms with Gasteiger partial charge in [-0.3, -0.25) is 0 Å². The van der Waals surface area contributed by atoms with Crippen molar-refractivity contribution in [2.45, 2.75) is 27.4 Å². The van der Waals surface area contributed by atoms with Gasteiger partial charge in [-0.15, -0.1) is 0 Å². The Hall–Kier alpha value is -0.820. The van der Waals surface area contributed by atoms with E-state index >= 15 is 0 Å². The van der Waals surface area contributed by atoms with E-state index in [9.17, 15) is 0 Å². The van der Waals surface area contributed by atoms with Gasteiger partial charge in [0.15, 0.2) is 0 Å². The Labute approximate surface area is 80.7 Å². The molecule has 0 atom stereocenters. The lowest BCUT2D eigenvalue weighted by molar-refractivity contribution is 0.0599. The fourth-order valence-corrected chi connectivity index (χ4v) is 1.05. The summed E-state index contributed by atoms with van der Waals surface area (Å²) >= 11 is 0. The summed E-state index contributed by atoms with van der Waals surface area (Å²) < 4.78 is 5.58. The fraction of sp³-hybridized carbons (Fsp3) is 0.500. The van der Waals surface area contributed by atoms with Crippen LogP contribution in [0.3, 0.4) is 0 Å². The summed E-state index contributed by atoms with van der Waals surface area (Å²) in [7, 11) is 0. The van der Waals surface area contributed by atoms with Crippen molar-refractivity contribution in [3.63, 3.8) is 0 Å². The molecule has 0 radical (unpaired) electrons. The van der Waals surface area contributed by atoms with Gasteiger partial charge in [0, 0.05) is 0 Å². The lowest BCUT2D eigenvalue weighted by atomic mass is 9.99. The van der Waals surface area contributed by atoms with Crippen molar-refractivity contribution >= 4 is 0 Å². The van der Waals surface area contributed by atoms with Crippen LogP contribution in [0.25, 0.3) is 0 Å². The molecule has 0 saturated carbocycles. The van der Waals surface area contributed by atoms with Crippen LogP contribution in [0.2, 0.25) is 0 Å². The van der Waals surface area contributed by atoms with Crippen LogP contribution >= 0.6 is 0 Å². The molecule has 1 aromatic rings. The molecular weight excluding hydrogens is 160 g/mol. The van der Waals surface area contributed by atoms with Crippen LogP contribution in [0.15, 0.2) is 30.3 Å². The Morgan fingerprint density at radius 1 is 1.08 bits per heavy atom. The quantitative estimate of drug-likeness (QED) is 0.690. The standard InChI is InChI=1S/C12H18O/c1-12(2,3)10-13-9-11-7-5-4-6-8-11/h4-8H,9-10H2,1-3H3. The van der Waals surface area contributed by atoms with Crippen LogP contribution in [-0.4, -0.2) is 6.61 Å². The topological polar surface area (TPSA) is 9.23 Å². The first-order valence-electron chi connectivity index (χ1n) is 4.70. The lowest BCUT2D eigenvalue weighted by Crippen LogP contribution is -2.14. The van der Waals surface area contributed by atoms with E-state index in [1.807, 2.05) is 18.2 Å². The maximum Gasteiger partial charge on any atom is 0.0717 e. The molecule has 0 saturated heterocycles. The zero-order valence-corrected chi connectivity index (χ0v) is 8.71. The third-order valence-corrected chi connectivity index (χ3v) is 1.65. The molecule has 72 valence electrons. The SMILES string of the molecule is CC(C)(C)COCc1ccccc1. The third kappa shape index (κ3) is 4.69. The van der Waals surface area contributed by atoms with Gasteiger partial charge in [0.1, 0.15) is 0 Å². The van der Waals surface area contributed by atoms with Crippen molar-refractivity contribution in [1.82, 2.24) is 0 Å². The number of benzene rings is 1. The molecule has 0 fully saturated rings. The summed E-state index contributed by atoms with van der Waals surface area (Å²) in [6, 6.07) is 10.3. The molecule has 1 aromatic carbocycles. The second-order valence-electron chi connectivity index (χ2n) is 4.54. The first-order chi connectivity index (χ1) is 6.08. The molecule has 0 aliphatic rings. The van der Waals surface area contributed by atoms with Crippen LogP contribution < -0.4 is 0 Å². The summed E-state index contributed by atoms with van der Waals surface area (Å²) in [6.07, 6.45) is 0. The number of rotatable bonds is 3. The highest BCUT2D eigenvalue weighted by Gasteiger charge is 2.09. The van der Waals surface area contributed by atoms with E-state index in [-0.39, 0.29) is 5.41 Å². The molecule has 13 heavy (non-hydrogen) atoms. The molecule has 0 heterocycles. The lowest BCUT2D eigenvalue weighted by Gasteiger charge is -2.17. The van der Waals surface area contributed by atoms with Crippen LogP contribution in [0.4, 0.5) is 0 Å². The monoisotopic (exact) mass is 178 g/mol. The summed E-state index contributed by atoms with van der Waals surface area (Å²) in [5, 5.41) is 0. The van der Waals surface area contributed by atoms with Crippen molar-refractivity contribution in [3.05, 3.63) is 35.9 Å². The fourth-order valence-electron chi connectivity index (χ4n) is 1.05. The van der Waals surface area contributed by atoms with E-state index in [2.05, 4.69) is 32.9 Å². The first-order valence-corrected chi connectivity index (χ1v) is 4.70. The van der Waals surface area contributed by atoms with E-state index in [1.54, 1.807) is 0 Å². The van der Waals surface area contributed by atoms with Gasteiger partial charge in [-0.2, -0.15) is 0 Å². The van der Waals surface area contributed by atoms with Gasteiger partial charge in [0.05, 0.1) is 13.2 Å². The molecule has 0 spiro atoms. The van der Waals surface area contributed by atoms with Gasteiger partial charge in [-0.05, 0) is 11.0 Å². The van der Waals surface area contributed by atoms with Crippen LogP contribution in [0.5, 0.6) is 0 Å². The van der Waals surface area contributed by atoms with Gasteiger partial charge in [0.25, 0.3) is 0 Å². The molecule has 0 bridgehead atoms. The molecule has 0 aliphatic heterocycles. The summed E-state index contributed by atoms with van der Waals surface area (Å²) in [5.74, 6) is 0. The van der Waals surface area contributed by atoms with E-state index in [4.69, 9.17) is 4.74 Å². The summed E-state index contributed by atoms with van der Waals surface area (Å²) in [4.78, 5) is 0. The largest absolute Gasteiger partial charge is 0.376 e. The van der Waals surface area contributed by atoms with Crippen molar-refractivity contribution in [2.24, 2.45) is 5.41 Å². The zero-order valence-electron chi connectivity index (χ0n) is 8.71. The van der Waals surface area contributed by atoms with Gasteiger partial charge in [0.2, 0.25) is 0 Å². The molecule has 0 amide bonds. The smallest absolute Gasteiger partial charge is 0.0717 e. The molecular formula is C12H18O. The summed E-state index contributed by atoms with van der Waals surface area (Å²) in [6.45, 7) is 8.06. The first kappa shape index (κ1) is 10.3.